The van der Waals surface area contributed by atoms with Crippen molar-refractivity contribution in [2.45, 2.75) is 13.8 Å². The Morgan fingerprint density at radius 1 is 1.00 bits per heavy atom. The Bertz CT molecular complexity index is 878. The van der Waals surface area contributed by atoms with E-state index in [0.717, 1.165) is 22.5 Å². The Labute approximate surface area is 154 Å². The van der Waals surface area contributed by atoms with Crippen LogP contribution in [0.1, 0.15) is 19.4 Å². The molecule has 0 atom stereocenters. The zero-order valence-electron chi connectivity index (χ0n) is 15.2. The second-order valence-corrected chi connectivity index (χ2v) is 5.92. The second kappa shape index (κ2) is 8.30. The highest BCUT2D eigenvalue weighted by Gasteiger charge is 2.11. The van der Waals surface area contributed by atoms with Gasteiger partial charge in [0, 0.05) is 36.5 Å². The normalized spacial score (nSPS) is 11.0. The summed E-state index contributed by atoms with van der Waals surface area (Å²) in [4.78, 5) is 14.1. The summed E-state index contributed by atoms with van der Waals surface area (Å²) in [6, 6.07) is 20.0. The first kappa shape index (κ1) is 17.7. The Hall–Kier alpha value is -3.14. The van der Waals surface area contributed by atoms with Crippen LogP contribution in [0.15, 0.2) is 72.9 Å². The molecule has 0 aliphatic heterocycles. The van der Waals surface area contributed by atoms with Crippen LogP contribution in [0.2, 0.25) is 0 Å². The van der Waals surface area contributed by atoms with Crippen LogP contribution < -0.4 is 0 Å². The molecular formula is C22H23N3O. The van der Waals surface area contributed by atoms with Crippen LogP contribution in [-0.2, 0) is 4.79 Å². The standard InChI is InChI=1S/C22H23N3O/c1-3-24(4-2)21(26)16-15-19-17-25(20-13-9-6-10-14-20)23-22(19)18-11-7-5-8-12-18/h5-17H,3-4H2,1-2H3/b16-15-. The summed E-state index contributed by atoms with van der Waals surface area (Å²) in [5, 5.41) is 4.75. The SMILES string of the molecule is CCN(CC)C(=O)/C=C\c1cn(-c2ccccc2)nc1-c1ccccc1. The molecule has 132 valence electrons. The number of carbonyl (C=O) groups is 1. The van der Waals surface area contributed by atoms with E-state index in [1.54, 1.807) is 11.0 Å². The number of amides is 1. The highest BCUT2D eigenvalue weighted by Crippen LogP contribution is 2.24. The fourth-order valence-corrected chi connectivity index (χ4v) is 2.84. The minimum atomic E-state index is 0.0153. The van der Waals surface area contributed by atoms with Gasteiger partial charge in [-0.25, -0.2) is 4.68 Å². The third-order valence-electron chi connectivity index (χ3n) is 4.29. The Morgan fingerprint density at radius 2 is 1.62 bits per heavy atom. The highest BCUT2D eigenvalue weighted by atomic mass is 16.2. The van der Waals surface area contributed by atoms with Crippen molar-refractivity contribution in [2.24, 2.45) is 0 Å². The van der Waals surface area contributed by atoms with Gasteiger partial charge in [-0.05, 0) is 32.1 Å². The molecular weight excluding hydrogens is 322 g/mol. The molecule has 0 aliphatic carbocycles. The van der Waals surface area contributed by atoms with Crippen molar-refractivity contribution < 1.29 is 4.79 Å². The zero-order chi connectivity index (χ0) is 18.4. The summed E-state index contributed by atoms with van der Waals surface area (Å²) in [6.07, 6.45) is 5.45. The summed E-state index contributed by atoms with van der Waals surface area (Å²) >= 11 is 0. The number of hydrogen-bond donors (Lipinski definition) is 0. The van der Waals surface area contributed by atoms with Crippen LogP contribution in [0, 0.1) is 0 Å². The van der Waals surface area contributed by atoms with Crippen molar-refractivity contribution in [3.63, 3.8) is 0 Å². The minimum Gasteiger partial charge on any atom is -0.340 e. The van der Waals surface area contributed by atoms with E-state index in [0.29, 0.717) is 13.1 Å². The molecule has 0 saturated heterocycles. The lowest BCUT2D eigenvalue weighted by Crippen LogP contribution is -2.28. The number of likely N-dealkylation sites (N-methyl/N-ethyl adjacent to an activating group) is 1. The van der Waals surface area contributed by atoms with Crippen molar-refractivity contribution in [2.75, 3.05) is 13.1 Å². The quantitative estimate of drug-likeness (QED) is 0.620. The van der Waals surface area contributed by atoms with Crippen LogP contribution >= 0.6 is 0 Å². The molecule has 0 spiro atoms. The third kappa shape index (κ3) is 3.91. The third-order valence-corrected chi connectivity index (χ3v) is 4.29. The van der Waals surface area contributed by atoms with Crippen molar-refractivity contribution in [3.8, 4) is 16.9 Å². The van der Waals surface area contributed by atoms with E-state index in [1.807, 2.05) is 91.5 Å². The molecule has 0 fully saturated rings. The predicted octanol–water partition coefficient (Wildman–Crippen LogP) is 4.42. The van der Waals surface area contributed by atoms with E-state index < -0.39 is 0 Å². The smallest absolute Gasteiger partial charge is 0.246 e. The van der Waals surface area contributed by atoms with E-state index in [1.165, 1.54) is 0 Å². The molecule has 1 amide bonds. The van der Waals surface area contributed by atoms with Crippen LogP contribution in [0.4, 0.5) is 0 Å². The zero-order valence-corrected chi connectivity index (χ0v) is 15.2. The molecule has 0 unspecified atom stereocenters. The van der Waals surface area contributed by atoms with Gasteiger partial charge in [0.15, 0.2) is 0 Å². The van der Waals surface area contributed by atoms with Crippen LogP contribution in [-0.4, -0.2) is 33.7 Å². The van der Waals surface area contributed by atoms with Gasteiger partial charge in [0.1, 0.15) is 0 Å². The van der Waals surface area contributed by atoms with E-state index in [4.69, 9.17) is 5.10 Å². The van der Waals surface area contributed by atoms with Gasteiger partial charge in [0.25, 0.3) is 0 Å². The lowest BCUT2D eigenvalue weighted by molar-refractivity contribution is -0.125. The monoisotopic (exact) mass is 345 g/mol. The first-order chi connectivity index (χ1) is 12.7. The number of benzene rings is 2. The molecule has 1 heterocycles. The van der Waals surface area contributed by atoms with Gasteiger partial charge in [0.05, 0.1) is 11.4 Å². The first-order valence-corrected chi connectivity index (χ1v) is 8.90. The second-order valence-electron chi connectivity index (χ2n) is 5.92. The number of rotatable bonds is 6. The van der Waals surface area contributed by atoms with Crippen molar-refractivity contribution >= 4 is 12.0 Å². The van der Waals surface area contributed by atoms with Crippen LogP contribution in [0.5, 0.6) is 0 Å². The Balaban J connectivity index is 2.00. The minimum absolute atomic E-state index is 0.0153. The predicted molar refractivity (Wildman–Crippen MR) is 106 cm³/mol. The van der Waals surface area contributed by atoms with Gasteiger partial charge in [-0.15, -0.1) is 0 Å². The molecule has 4 heteroatoms. The molecule has 3 aromatic rings. The van der Waals surface area contributed by atoms with E-state index in [-0.39, 0.29) is 5.91 Å². The molecule has 0 N–H and O–H groups in total. The van der Waals surface area contributed by atoms with Crippen molar-refractivity contribution in [1.29, 1.82) is 0 Å². The molecule has 0 radical (unpaired) electrons. The number of aromatic nitrogens is 2. The Kier molecular flexibility index (Phi) is 5.64. The van der Waals surface area contributed by atoms with Gasteiger partial charge in [-0.1, -0.05) is 48.5 Å². The fraction of sp³-hybridized carbons (Fsp3) is 0.182. The maximum atomic E-state index is 12.3. The number of nitrogens with zero attached hydrogens (tertiary/aromatic N) is 3. The van der Waals surface area contributed by atoms with Crippen molar-refractivity contribution in [1.82, 2.24) is 14.7 Å². The lowest BCUT2D eigenvalue weighted by atomic mass is 10.1. The number of carbonyl (C=O) groups excluding carboxylic acids is 1. The lowest BCUT2D eigenvalue weighted by Gasteiger charge is -2.15. The summed E-state index contributed by atoms with van der Waals surface area (Å²) in [5.74, 6) is 0.0153. The van der Waals surface area contributed by atoms with Gasteiger partial charge in [0.2, 0.25) is 5.91 Å². The van der Waals surface area contributed by atoms with Gasteiger partial charge in [-0.2, -0.15) is 5.10 Å². The van der Waals surface area contributed by atoms with Crippen molar-refractivity contribution in [3.05, 3.63) is 78.5 Å². The summed E-state index contributed by atoms with van der Waals surface area (Å²) in [7, 11) is 0. The molecule has 0 bridgehead atoms. The maximum absolute atomic E-state index is 12.3. The summed E-state index contributed by atoms with van der Waals surface area (Å²) in [5.41, 5.74) is 3.79. The summed E-state index contributed by atoms with van der Waals surface area (Å²) < 4.78 is 1.85. The molecule has 2 aromatic carbocycles. The molecule has 0 saturated carbocycles. The van der Waals surface area contributed by atoms with Gasteiger partial charge >= 0.3 is 0 Å². The average molecular weight is 345 g/mol. The summed E-state index contributed by atoms with van der Waals surface area (Å²) in [6.45, 7) is 5.37. The largest absolute Gasteiger partial charge is 0.340 e. The first-order valence-electron chi connectivity index (χ1n) is 8.90. The maximum Gasteiger partial charge on any atom is 0.246 e. The van der Waals surface area contributed by atoms with E-state index in [2.05, 4.69) is 0 Å². The molecule has 4 nitrogen and oxygen atoms in total. The molecule has 26 heavy (non-hydrogen) atoms. The fourth-order valence-electron chi connectivity index (χ4n) is 2.84. The molecule has 3 rings (SSSR count). The molecule has 1 aromatic heterocycles. The van der Waals surface area contributed by atoms with E-state index in [9.17, 15) is 4.79 Å². The average Bonchev–Trinajstić information content (AvgIpc) is 3.13. The Morgan fingerprint density at radius 3 is 2.23 bits per heavy atom. The highest BCUT2D eigenvalue weighted by molar-refractivity contribution is 5.92. The van der Waals surface area contributed by atoms with E-state index >= 15 is 0 Å². The van der Waals surface area contributed by atoms with Crippen LogP contribution in [0.25, 0.3) is 23.0 Å². The number of hydrogen-bond acceptors (Lipinski definition) is 2. The topological polar surface area (TPSA) is 38.1 Å². The van der Waals surface area contributed by atoms with Gasteiger partial charge < -0.3 is 4.90 Å². The molecule has 0 aliphatic rings. The van der Waals surface area contributed by atoms with Crippen LogP contribution in [0.3, 0.4) is 0 Å². The van der Waals surface area contributed by atoms with Gasteiger partial charge in [-0.3, -0.25) is 4.79 Å². The number of para-hydroxylation sites is 1.